The van der Waals surface area contributed by atoms with Crippen molar-refractivity contribution in [2.45, 2.75) is 25.9 Å². The number of ether oxygens (including phenoxy) is 1. The summed E-state index contributed by atoms with van der Waals surface area (Å²) in [6.45, 7) is 1.05. The molecule has 0 spiro atoms. The molecule has 0 unspecified atom stereocenters. The second kappa shape index (κ2) is 9.51. The smallest absolute Gasteiger partial charge is 0.263 e. The first-order valence-electron chi connectivity index (χ1n) is 10.6. The van der Waals surface area contributed by atoms with Gasteiger partial charge in [0, 0.05) is 25.8 Å². The molecule has 7 heteroatoms. The average molecular weight is 431 g/mol. The number of carbonyl (C=O) groups is 2. The van der Waals surface area contributed by atoms with Crippen LogP contribution >= 0.6 is 0 Å². The van der Waals surface area contributed by atoms with E-state index in [-0.39, 0.29) is 23.6 Å². The molecule has 0 bridgehead atoms. The number of carbonyl (C=O) groups excluding carboxylic acids is 2. The predicted octanol–water partition coefficient (Wildman–Crippen LogP) is 2.15. The van der Waals surface area contributed by atoms with Crippen LogP contribution in [0, 0.1) is 0 Å². The summed E-state index contributed by atoms with van der Waals surface area (Å²) in [7, 11) is 0. The number of amides is 2. The Balaban J connectivity index is 1.53. The van der Waals surface area contributed by atoms with Crippen molar-refractivity contribution in [2.75, 3.05) is 13.2 Å². The lowest BCUT2D eigenvalue weighted by Gasteiger charge is -2.30. The molecule has 2 heterocycles. The summed E-state index contributed by atoms with van der Waals surface area (Å²) in [5, 5.41) is 0. The van der Waals surface area contributed by atoms with Crippen LogP contribution in [0.25, 0.3) is 0 Å². The Morgan fingerprint density at radius 1 is 1.00 bits per heavy atom. The summed E-state index contributed by atoms with van der Waals surface area (Å²) in [5.74, 6) is -0.251. The summed E-state index contributed by atoms with van der Waals surface area (Å²) in [6, 6.07) is 19.0. The van der Waals surface area contributed by atoms with E-state index < -0.39 is 5.91 Å². The van der Waals surface area contributed by atoms with Gasteiger partial charge in [0.25, 0.3) is 17.4 Å². The van der Waals surface area contributed by atoms with Crippen molar-refractivity contribution in [3.63, 3.8) is 0 Å². The largest absolute Gasteiger partial charge is 0.484 e. The maximum Gasteiger partial charge on any atom is 0.263 e. The van der Waals surface area contributed by atoms with Crippen LogP contribution in [-0.4, -0.2) is 34.4 Å². The number of pyridine rings is 1. The lowest BCUT2D eigenvalue weighted by molar-refractivity contribution is -0.134. The number of aryl methyl sites for hydroxylation is 2. The SMILES string of the molecule is NC(=O)c1c2c(cn(CCc3ccccc3)c1=O)CN(C(=O)COc1ccccc1)CC2. The molecular weight excluding hydrogens is 406 g/mol. The molecule has 0 saturated heterocycles. The molecule has 2 N–H and O–H groups in total. The molecule has 32 heavy (non-hydrogen) atoms. The van der Waals surface area contributed by atoms with E-state index in [0.29, 0.717) is 43.8 Å². The fraction of sp³-hybridized carbons (Fsp3) is 0.240. The van der Waals surface area contributed by atoms with Crippen molar-refractivity contribution in [1.82, 2.24) is 9.47 Å². The number of benzene rings is 2. The summed E-state index contributed by atoms with van der Waals surface area (Å²) in [5.41, 5.74) is 7.73. The predicted molar refractivity (Wildman–Crippen MR) is 120 cm³/mol. The monoisotopic (exact) mass is 431 g/mol. The number of nitrogens with two attached hydrogens (primary N) is 1. The Morgan fingerprint density at radius 3 is 2.38 bits per heavy atom. The van der Waals surface area contributed by atoms with Gasteiger partial charge in [0.05, 0.1) is 0 Å². The van der Waals surface area contributed by atoms with E-state index in [4.69, 9.17) is 10.5 Å². The number of hydrogen-bond acceptors (Lipinski definition) is 4. The maximum absolute atomic E-state index is 12.9. The minimum Gasteiger partial charge on any atom is -0.484 e. The van der Waals surface area contributed by atoms with Crippen molar-refractivity contribution in [3.8, 4) is 5.75 Å². The van der Waals surface area contributed by atoms with Crippen molar-refractivity contribution in [2.24, 2.45) is 5.73 Å². The maximum atomic E-state index is 12.9. The van der Waals surface area contributed by atoms with Gasteiger partial charge in [0.2, 0.25) is 0 Å². The molecule has 0 atom stereocenters. The van der Waals surface area contributed by atoms with Crippen LogP contribution in [0.5, 0.6) is 5.75 Å². The first-order valence-corrected chi connectivity index (χ1v) is 10.6. The van der Waals surface area contributed by atoms with Gasteiger partial charge in [0.15, 0.2) is 6.61 Å². The zero-order valence-electron chi connectivity index (χ0n) is 17.7. The van der Waals surface area contributed by atoms with E-state index >= 15 is 0 Å². The third kappa shape index (κ3) is 4.72. The number of primary amides is 1. The summed E-state index contributed by atoms with van der Waals surface area (Å²) in [4.78, 5) is 39.4. The van der Waals surface area contributed by atoms with E-state index in [2.05, 4.69) is 0 Å². The standard InChI is InChI=1S/C25H25N3O4/c26-24(30)23-21-12-14-27(22(29)17-32-20-9-5-2-6-10-20)15-19(21)16-28(25(23)31)13-11-18-7-3-1-4-8-18/h1-10,16H,11-15,17H2,(H2,26,30). The van der Waals surface area contributed by atoms with Crippen molar-refractivity contribution >= 4 is 11.8 Å². The van der Waals surface area contributed by atoms with Crippen LogP contribution in [0.1, 0.15) is 27.0 Å². The third-order valence-electron chi connectivity index (χ3n) is 5.66. The van der Waals surface area contributed by atoms with Gasteiger partial charge in [-0.1, -0.05) is 48.5 Å². The second-order valence-electron chi connectivity index (χ2n) is 7.77. The Hall–Kier alpha value is -3.87. The number of rotatable bonds is 7. The van der Waals surface area contributed by atoms with E-state index in [9.17, 15) is 14.4 Å². The number of aromatic nitrogens is 1. The van der Waals surface area contributed by atoms with Gasteiger partial charge in [-0.05, 0) is 41.7 Å². The minimum absolute atomic E-state index is 0.0307. The molecule has 1 aliphatic rings. The summed E-state index contributed by atoms with van der Waals surface area (Å²) in [6.07, 6.45) is 2.80. The zero-order valence-corrected chi connectivity index (χ0v) is 17.7. The first kappa shape index (κ1) is 21.4. The molecular formula is C25H25N3O4. The van der Waals surface area contributed by atoms with Gasteiger partial charge >= 0.3 is 0 Å². The highest BCUT2D eigenvalue weighted by atomic mass is 16.5. The lowest BCUT2D eigenvalue weighted by Crippen LogP contribution is -2.42. The highest BCUT2D eigenvalue weighted by molar-refractivity contribution is 5.94. The molecule has 1 aromatic heterocycles. The van der Waals surface area contributed by atoms with Crippen LogP contribution in [0.3, 0.4) is 0 Å². The van der Waals surface area contributed by atoms with E-state index in [1.54, 1.807) is 23.2 Å². The normalized spacial score (nSPS) is 12.8. The number of nitrogens with zero attached hydrogens (tertiary/aromatic N) is 2. The van der Waals surface area contributed by atoms with E-state index in [0.717, 1.165) is 11.1 Å². The fourth-order valence-corrected chi connectivity index (χ4v) is 3.99. The first-order chi connectivity index (χ1) is 15.5. The molecule has 1 aliphatic heterocycles. The Bertz CT molecular complexity index is 1170. The number of hydrogen-bond donors (Lipinski definition) is 1. The topological polar surface area (TPSA) is 94.6 Å². The summed E-state index contributed by atoms with van der Waals surface area (Å²) >= 11 is 0. The van der Waals surface area contributed by atoms with Crippen molar-refractivity contribution in [1.29, 1.82) is 0 Å². The van der Waals surface area contributed by atoms with Crippen LogP contribution in [0.4, 0.5) is 0 Å². The van der Waals surface area contributed by atoms with Crippen molar-refractivity contribution in [3.05, 3.63) is 99.5 Å². The molecule has 4 rings (SSSR count). The van der Waals surface area contributed by atoms with Crippen LogP contribution in [0.2, 0.25) is 0 Å². The third-order valence-corrected chi connectivity index (χ3v) is 5.66. The molecule has 2 aromatic carbocycles. The Kier molecular flexibility index (Phi) is 6.35. The molecule has 2 amide bonds. The fourth-order valence-electron chi connectivity index (χ4n) is 3.99. The molecule has 7 nitrogen and oxygen atoms in total. The minimum atomic E-state index is -0.729. The molecule has 0 fully saturated rings. The Morgan fingerprint density at radius 2 is 1.69 bits per heavy atom. The molecule has 0 radical (unpaired) electrons. The molecule has 0 saturated carbocycles. The van der Waals surface area contributed by atoms with Gasteiger partial charge < -0.3 is 19.9 Å². The average Bonchev–Trinajstić information content (AvgIpc) is 2.82. The highest BCUT2D eigenvalue weighted by Gasteiger charge is 2.27. The van der Waals surface area contributed by atoms with E-state index in [1.165, 1.54) is 4.57 Å². The van der Waals surface area contributed by atoms with Gasteiger partial charge in [-0.25, -0.2) is 0 Å². The molecule has 3 aromatic rings. The van der Waals surface area contributed by atoms with Crippen LogP contribution in [-0.2, 0) is 30.7 Å². The van der Waals surface area contributed by atoms with Gasteiger partial charge in [0.1, 0.15) is 11.3 Å². The summed E-state index contributed by atoms with van der Waals surface area (Å²) < 4.78 is 7.11. The van der Waals surface area contributed by atoms with Gasteiger partial charge in [-0.2, -0.15) is 0 Å². The number of fused-ring (bicyclic) bond motifs is 1. The van der Waals surface area contributed by atoms with Gasteiger partial charge in [-0.3, -0.25) is 14.4 Å². The van der Waals surface area contributed by atoms with E-state index in [1.807, 2.05) is 48.5 Å². The quantitative estimate of drug-likeness (QED) is 0.620. The lowest BCUT2D eigenvalue weighted by atomic mass is 9.96. The van der Waals surface area contributed by atoms with Crippen molar-refractivity contribution < 1.29 is 14.3 Å². The van der Waals surface area contributed by atoms with Crippen LogP contribution in [0.15, 0.2) is 71.7 Å². The molecule has 0 aliphatic carbocycles. The zero-order chi connectivity index (χ0) is 22.5. The highest BCUT2D eigenvalue weighted by Crippen LogP contribution is 2.21. The molecule has 164 valence electrons. The Labute approximate surface area is 186 Å². The number of para-hydroxylation sites is 1. The van der Waals surface area contributed by atoms with Crippen LogP contribution < -0.4 is 16.0 Å². The second-order valence-corrected chi connectivity index (χ2v) is 7.77. The van der Waals surface area contributed by atoms with Gasteiger partial charge in [-0.15, -0.1) is 0 Å².